The van der Waals surface area contributed by atoms with E-state index in [2.05, 4.69) is 426 Å². The van der Waals surface area contributed by atoms with Crippen molar-refractivity contribution < 1.29 is 0 Å². The van der Waals surface area contributed by atoms with Gasteiger partial charge in [0.15, 0.2) is 0 Å². The van der Waals surface area contributed by atoms with E-state index in [1.54, 1.807) is 0 Å². The van der Waals surface area contributed by atoms with Crippen molar-refractivity contribution in [2.45, 2.75) is 291 Å². The van der Waals surface area contributed by atoms with Crippen LogP contribution in [0.25, 0.3) is 55.6 Å². The lowest BCUT2D eigenvalue weighted by Gasteiger charge is -2.08. The molecule has 0 heterocycles. The average Bonchev–Trinajstić information content (AvgIpc) is 0.857. The molecule has 0 fully saturated rings. The van der Waals surface area contributed by atoms with Gasteiger partial charge in [0.25, 0.3) is 0 Å². The van der Waals surface area contributed by atoms with Gasteiger partial charge in [-0.05, 0) is 194 Å². The van der Waals surface area contributed by atoms with Crippen LogP contribution in [0.2, 0.25) is 0 Å². The average molecular weight is 1620 g/mol. The summed E-state index contributed by atoms with van der Waals surface area (Å²) in [5.74, 6) is 0. The Bertz CT molecular complexity index is 4120. The van der Waals surface area contributed by atoms with Gasteiger partial charge in [0.2, 0.25) is 0 Å². The summed E-state index contributed by atoms with van der Waals surface area (Å²) in [6.45, 7) is 85.9. The second-order valence-corrected chi connectivity index (χ2v) is 24.9. The van der Waals surface area contributed by atoms with E-state index in [4.69, 9.17) is 0 Å². The maximum Gasteiger partial charge on any atom is -0.0152 e. The number of hydrogen-bond donors (Lipinski definition) is 0. The van der Waals surface area contributed by atoms with Crippen molar-refractivity contribution in [3.8, 4) is 55.6 Å². The second kappa shape index (κ2) is 88.2. The van der Waals surface area contributed by atoms with E-state index in [1.807, 2.05) is 180 Å². The Labute approximate surface area is 746 Å². The van der Waals surface area contributed by atoms with Gasteiger partial charge < -0.3 is 0 Å². The number of hydrogen-bond acceptors (Lipinski definition) is 0. The van der Waals surface area contributed by atoms with Crippen molar-refractivity contribution in [2.24, 2.45) is 0 Å². The lowest BCUT2D eigenvalue weighted by atomic mass is 9.97. The summed E-state index contributed by atoms with van der Waals surface area (Å²) < 4.78 is 0. The highest BCUT2D eigenvalue weighted by molar-refractivity contribution is 5.71. The molecule has 0 bridgehead atoms. The Hall–Kier alpha value is -10.1. The molecule has 0 aromatic heterocycles. The molecule has 0 aliphatic heterocycles. The van der Waals surface area contributed by atoms with Crippen molar-refractivity contribution in [3.05, 3.63) is 404 Å². The van der Waals surface area contributed by atoms with Crippen LogP contribution in [0.1, 0.15) is 269 Å². The molecule has 0 amide bonds. The van der Waals surface area contributed by atoms with Crippen LogP contribution in [0.5, 0.6) is 0 Å². The maximum atomic E-state index is 2.22. The predicted octanol–water partition coefficient (Wildman–Crippen LogP) is 40.1. The minimum Gasteiger partial charge on any atom is -0.0683 e. The van der Waals surface area contributed by atoms with Crippen LogP contribution in [0.15, 0.2) is 315 Å². The lowest BCUT2D eigenvalue weighted by Crippen LogP contribution is -1.85. The summed E-state index contributed by atoms with van der Waals surface area (Å²) in [7, 11) is 0. The Morgan fingerprint density at radius 3 is 0.450 bits per heavy atom. The zero-order valence-electron chi connectivity index (χ0n) is 85.0. The first-order valence-corrected chi connectivity index (χ1v) is 46.0. The molecule has 0 atom stereocenters. The normalized spacial score (nSPS) is 8.42. The van der Waals surface area contributed by atoms with Crippen LogP contribution < -0.4 is 0 Å². The molecule has 0 spiro atoms. The smallest absolute Gasteiger partial charge is 0.0152 e. The number of aryl methyl sites for hydroxylation is 16. The molecule has 658 valence electrons. The summed E-state index contributed by atoms with van der Waals surface area (Å²) in [4.78, 5) is 0. The van der Waals surface area contributed by atoms with Gasteiger partial charge in [0.05, 0.1) is 0 Å². The van der Waals surface area contributed by atoms with Crippen LogP contribution in [0, 0.1) is 111 Å². The van der Waals surface area contributed by atoms with Gasteiger partial charge in [-0.3, -0.25) is 0 Å². The molecule has 0 nitrogen and oxygen atoms in total. The molecule has 0 heteroatoms. The Morgan fingerprint density at radius 1 is 0.100 bits per heavy atom. The minimum absolute atomic E-state index is 1.29. The number of benzene rings is 13. The van der Waals surface area contributed by atoms with E-state index in [1.165, 1.54) is 145 Å². The molecule has 13 aromatic carbocycles. The van der Waals surface area contributed by atoms with E-state index in [0.717, 1.165) is 0 Å². The SMILES string of the molecule is CC.CC.CC.CC.CC.CC.CC.CC.CC.CC.CC.CC.CC.Cc1ccc(-c2ccc(C)cc2)cc1.Cc1ccc(-c2cccc(C)c2)cc1.Cc1ccc(-c2ccccc2C)cc1.Cc1ccc(C)cc1.Cc1cccc(-c2cccc(C)c2)c1.Cc1cccc(C)c1.Cc1ccccc1-c1ccccc1C.Cc1ccccc1C. The summed E-state index contributed by atoms with van der Waals surface area (Å²) in [5.41, 5.74) is 34.3. The Kier molecular flexibility index (Phi) is 92.2. The fraction of sp³-hybridized carbons (Fsp3) is 0.350. The zero-order chi connectivity index (χ0) is 93.8. The lowest BCUT2D eigenvalue weighted by molar-refractivity contribution is 1.34. The van der Waals surface area contributed by atoms with Crippen LogP contribution in [-0.4, -0.2) is 0 Å². The Balaban J connectivity index is -0.000000193. The van der Waals surface area contributed by atoms with E-state index >= 15 is 0 Å². The topological polar surface area (TPSA) is 0 Å². The fourth-order valence-corrected chi connectivity index (χ4v) is 10.2. The third-order valence-electron chi connectivity index (χ3n) is 16.1. The molecular weight excluding hydrogens is 1440 g/mol. The summed E-state index contributed by atoms with van der Waals surface area (Å²) in [5, 5.41) is 0. The predicted molar refractivity (Wildman–Crippen MR) is 562 cm³/mol. The van der Waals surface area contributed by atoms with Crippen molar-refractivity contribution in [1.82, 2.24) is 0 Å². The minimum atomic E-state index is 1.29. The van der Waals surface area contributed by atoms with Gasteiger partial charge in [-0.15, -0.1) is 0 Å². The summed E-state index contributed by atoms with van der Waals surface area (Å²) in [6, 6.07) is 111. The largest absolute Gasteiger partial charge is 0.0683 e. The highest BCUT2D eigenvalue weighted by Gasteiger charge is 2.04. The molecule has 0 aliphatic rings. The zero-order valence-corrected chi connectivity index (χ0v) is 85.0. The fourth-order valence-electron chi connectivity index (χ4n) is 10.2. The van der Waals surface area contributed by atoms with Crippen molar-refractivity contribution >= 4 is 0 Å². The molecule has 0 saturated carbocycles. The first kappa shape index (κ1) is 125. The summed E-state index contributed by atoms with van der Waals surface area (Å²) in [6.07, 6.45) is 0. The van der Waals surface area contributed by atoms with Gasteiger partial charge in [-0.25, -0.2) is 0 Å². The quantitative estimate of drug-likeness (QED) is 0.161. The first-order chi connectivity index (χ1) is 58.2. The highest BCUT2D eigenvalue weighted by Crippen LogP contribution is 2.28. The Morgan fingerprint density at radius 2 is 0.258 bits per heavy atom. The first-order valence-electron chi connectivity index (χ1n) is 46.0. The molecule has 0 unspecified atom stereocenters. The van der Waals surface area contributed by atoms with Gasteiger partial charge in [0.1, 0.15) is 0 Å². The third-order valence-corrected chi connectivity index (χ3v) is 16.1. The summed E-state index contributed by atoms with van der Waals surface area (Å²) >= 11 is 0. The van der Waals surface area contributed by atoms with E-state index in [-0.39, 0.29) is 0 Å². The molecule has 0 N–H and O–H groups in total. The van der Waals surface area contributed by atoms with Gasteiger partial charge in [0, 0.05) is 0 Å². The van der Waals surface area contributed by atoms with Crippen molar-refractivity contribution in [2.75, 3.05) is 0 Å². The molecule has 0 saturated heterocycles. The van der Waals surface area contributed by atoms with Crippen LogP contribution in [0.3, 0.4) is 0 Å². The van der Waals surface area contributed by atoms with Crippen molar-refractivity contribution in [1.29, 1.82) is 0 Å². The third kappa shape index (κ3) is 59.5. The molecule has 0 radical (unpaired) electrons. The van der Waals surface area contributed by atoms with Crippen LogP contribution in [-0.2, 0) is 0 Å². The highest BCUT2D eigenvalue weighted by atomic mass is 14.1. The molecule has 13 aromatic rings. The monoisotopic (exact) mass is 1620 g/mol. The molecular formula is C120H178. The van der Waals surface area contributed by atoms with Crippen LogP contribution >= 0.6 is 0 Å². The van der Waals surface area contributed by atoms with Gasteiger partial charge >= 0.3 is 0 Å². The van der Waals surface area contributed by atoms with Crippen molar-refractivity contribution in [3.63, 3.8) is 0 Å². The maximum absolute atomic E-state index is 2.22. The van der Waals surface area contributed by atoms with E-state index < -0.39 is 0 Å². The van der Waals surface area contributed by atoms with Gasteiger partial charge in [-0.1, -0.05) is 557 Å². The standard InChI is InChI=1S/5C14H14.3C8H10.13C2H6/c1-11-3-7-13(8-4-11)14-9-5-12(2)6-10-14;1-11-5-3-7-13(9-11)14-8-4-6-12(2)10-14;1-11-7-3-5-9-13(11)14-10-6-4-8-12(14)2;1-11-6-8-13(9-7-11)14-5-3-4-12(2)10-14;1-11-7-9-13(10-8-11)14-6-4-3-5-12(14)2;1-7-3-5-8(2)6-4-7;1-7-4-3-5-8(2)6-7;1-7-5-3-4-6-8(7)2;13*1-2/h5*3-10H,1-2H3;3*3-6H,1-2H3;13*1-2H3. The van der Waals surface area contributed by atoms with Crippen LogP contribution in [0.4, 0.5) is 0 Å². The van der Waals surface area contributed by atoms with E-state index in [0.29, 0.717) is 0 Å². The van der Waals surface area contributed by atoms with E-state index in [9.17, 15) is 0 Å². The molecule has 0 aliphatic carbocycles. The second-order valence-electron chi connectivity index (χ2n) is 24.9. The molecule has 120 heavy (non-hydrogen) atoms. The van der Waals surface area contributed by atoms with Gasteiger partial charge in [-0.2, -0.15) is 0 Å². The molecule has 13 rings (SSSR count). The number of rotatable bonds is 5.